The second kappa shape index (κ2) is 13.6. The molecule has 2 amide bonds. The molecule has 0 radical (unpaired) electrons. The van der Waals surface area contributed by atoms with Crippen LogP contribution < -0.4 is 9.62 Å². The fraction of sp³-hybridized carbons (Fsp3) is 0.310. The number of sulfonamides is 1. The number of carbonyl (C=O) groups excluding carboxylic acids is 2. The topological polar surface area (TPSA) is 86.8 Å². The van der Waals surface area contributed by atoms with Crippen molar-refractivity contribution in [2.45, 2.75) is 51.1 Å². The second-order valence-electron chi connectivity index (χ2n) is 9.16. The summed E-state index contributed by atoms with van der Waals surface area (Å²) in [6.45, 7) is 5.42. The summed E-state index contributed by atoms with van der Waals surface area (Å²) in [6, 6.07) is 17.2. The van der Waals surface area contributed by atoms with Gasteiger partial charge in [-0.1, -0.05) is 55.3 Å². The minimum absolute atomic E-state index is 0.00377. The van der Waals surface area contributed by atoms with Crippen molar-refractivity contribution < 1.29 is 22.4 Å². The van der Waals surface area contributed by atoms with Gasteiger partial charge in [-0.2, -0.15) is 0 Å². The van der Waals surface area contributed by atoms with Crippen molar-refractivity contribution in [1.82, 2.24) is 10.2 Å². The van der Waals surface area contributed by atoms with Crippen molar-refractivity contribution in [3.63, 3.8) is 0 Å². The van der Waals surface area contributed by atoms with Gasteiger partial charge in [-0.25, -0.2) is 12.8 Å². The van der Waals surface area contributed by atoms with Gasteiger partial charge in [0.2, 0.25) is 11.8 Å². The van der Waals surface area contributed by atoms with Gasteiger partial charge < -0.3 is 10.2 Å². The minimum Gasteiger partial charge on any atom is -0.354 e. The molecule has 1 atom stereocenters. The largest absolute Gasteiger partial charge is 0.354 e. The molecule has 0 aliphatic rings. The highest BCUT2D eigenvalue weighted by molar-refractivity contribution is 7.92. The molecule has 0 aromatic heterocycles. The summed E-state index contributed by atoms with van der Waals surface area (Å²) in [5.41, 5.74) is 1.74. The summed E-state index contributed by atoms with van der Waals surface area (Å²) in [5.74, 6) is -1.35. The smallest absolute Gasteiger partial charge is 0.264 e. The summed E-state index contributed by atoms with van der Waals surface area (Å²) < 4.78 is 42.2. The Balaban J connectivity index is 2.03. The summed E-state index contributed by atoms with van der Waals surface area (Å²) >= 11 is 6.05. The van der Waals surface area contributed by atoms with Crippen LogP contribution in [0.4, 0.5) is 10.1 Å². The van der Waals surface area contributed by atoms with E-state index in [2.05, 4.69) is 5.32 Å². The second-order valence-corrected chi connectivity index (χ2v) is 11.5. The fourth-order valence-corrected chi connectivity index (χ4v) is 5.59. The van der Waals surface area contributed by atoms with E-state index in [1.165, 1.54) is 53.4 Å². The molecule has 3 rings (SSSR count). The average Bonchev–Trinajstić information content (AvgIpc) is 2.92. The molecule has 1 N–H and O–H groups in total. The number of nitrogens with one attached hydrogen (secondary N) is 1. The van der Waals surface area contributed by atoms with E-state index >= 15 is 0 Å². The Morgan fingerprint density at radius 2 is 1.56 bits per heavy atom. The molecule has 10 heteroatoms. The molecule has 7 nitrogen and oxygen atoms in total. The van der Waals surface area contributed by atoms with Crippen LogP contribution in [0.3, 0.4) is 0 Å². The zero-order chi connectivity index (χ0) is 28.6. The van der Waals surface area contributed by atoms with E-state index in [1.807, 2.05) is 13.8 Å². The lowest BCUT2D eigenvalue weighted by molar-refractivity contribution is -0.140. The Bertz CT molecular complexity index is 1370. The van der Waals surface area contributed by atoms with Crippen LogP contribution in [-0.2, 0) is 26.2 Å². The summed E-state index contributed by atoms with van der Waals surface area (Å²) in [5, 5.41) is 3.24. The number of halogens is 2. The lowest BCUT2D eigenvalue weighted by atomic mass is 10.1. The SMILES string of the molecule is CCCNC(=O)[C@@H](CC)N(Cc1ccc(F)cc1)C(=O)CN(c1ccc(Cl)cc1)S(=O)(=O)c1ccc(C)cc1. The van der Waals surface area contributed by atoms with Crippen molar-refractivity contribution in [3.05, 3.63) is 94.8 Å². The molecule has 0 aliphatic heterocycles. The fourth-order valence-electron chi connectivity index (χ4n) is 4.05. The molecule has 0 unspecified atom stereocenters. The van der Waals surface area contributed by atoms with Gasteiger partial charge in [0.25, 0.3) is 10.0 Å². The van der Waals surface area contributed by atoms with E-state index in [0.29, 0.717) is 30.0 Å². The first-order valence-electron chi connectivity index (χ1n) is 12.7. The van der Waals surface area contributed by atoms with E-state index in [1.54, 1.807) is 31.2 Å². The Labute approximate surface area is 234 Å². The van der Waals surface area contributed by atoms with Crippen LogP contribution in [0, 0.1) is 12.7 Å². The number of amides is 2. The van der Waals surface area contributed by atoms with Crippen LogP contribution in [0.15, 0.2) is 77.7 Å². The number of carbonyl (C=O) groups is 2. The molecule has 0 heterocycles. The van der Waals surface area contributed by atoms with Gasteiger partial charge >= 0.3 is 0 Å². The van der Waals surface area contributed by atoms with Crippen LogP contribution in [0.1, 0.15) is 37.8 Å². The monoisotopic (exact) mass is 573 g/mol. The van der Waals surface area contributed by atoms with E-state index in [4.69, 9.17) is 11.6 Å². The summed E-state index contributed by atoms with van der Waals surface area (Å²) in [6.07, 6.45) is 1.02. The van der Waals surface area contributed by atoms with E-state index in [-0.39, 0.29) is 23.0 Å². The highest BCUT2D eigenvalue weighted by Gasteiger charge is 2.33. The van der Waals surface area contributed by atoms with Gasteiger partial charge in [0.15, 0.2) is 0 Å². The van der Waals surface area contributed by atoms with Gasteiger partial charge in [-0.3, -0.25) is 13.9 Å². The van der Waals surface area contributed by atoms with Crippen LogP contribution in [0.2, 0.25) is 5.02 Å². The van der Waals surface area contributed by atoms with Crippen molar-refractivity contribution in [2.24, 2.45) is 0 Å². The molecule has 0 bridgehead atoms. The number of aryl methyl sites for hydroxylation is 1. The average molecular weight is 574 g/mol. The van der Waals surface area contributed by atoms with Crippen LogP contribution in [0.5, 0.6) is 0 Å². The maximum Gasteiger partial charge on any atom is 0.264 e. The maximum atomic E-state index is 13.9. The lowest BCUT2D eigenvalue weighted by Crippen LogP contribution is -2.52. The lowest BCUT2D eigenvalue weighted by Gasteiger charge is -2.33. The number of nitrogens with zero attached hydrogens (tertiary/aromatic N) is 2. The first-order valence-corrected chi connectivity index (χ1v) is 14.5. The number of anilines is 1. The molecule has 3 aromatic carbocycles. The summed E-state index contributed by atoms with van der Waals surface area (Å²) in [7, 11) is -4.17. The van der Waals surface area contributed by atoms with Crippen molar-refractivity contribution >= 4 is 39.1 Å². The maximum absolute atomic E-state index is 13.9. The number of hydrogen-bond acceptors (Lipinski definition) is 4. The Morgan fingerprint density at radius 1 is 0.949 bits per heavy atom. The predicted molar refractivity (Wildman–Crippen MR) is 151 cm³/mol. The van der Waals surface area contributed by atoms with Gasteiger partial charge in [-0.15, -0.1) is 0 Å². The van der Waals surface area contributed by atoms with Gasteiger partial charge in [0, 0.05) is 18.1 Å². The third-order valence-corrected chi connectivity index (χ3v) is 8.24. The first kappa shape index (κ1) is 30.1. The Morgan fingerprint density at radius 3 is 2.13 bits per heavy atom. The van der Waals surface area contributed by atoms with Gasteiger partial charge in [0.1, 0.15) is 18.4 Å². The zero-order valence-electron chi connectivity index (χ0n) is 22.2. The zero-order valence-corrected chi connectivity index (χ0v) is 23.8. The molecule has 0 aliphatic carbocycles. The molecule has 3 aromatic rings. The highest BCUT2D eigenvalue weighted by Crippen LogP contribution is 2.26. The Kier molecular flexibility index (Phi) is 10.5. The van der Waals surface area contributed by atoms with Crippen LogP contribution >= 0.6 is 11.6 Å². The molecule has 208 valence electrons. The third-order valence-electron chi connectivity index (χ3n) is 6.20. The van der Waals surface area contributed by atoms with Crippen molar-refractivity contribution in [2.75, 3.05) is 17.4 Å². The molecule has 39 heavy (non-hydrogen) atoms. The first-order chi connectivity index (χ1) is 18.6. The third kappa shape index (κ3) is 7.80. The van der Waals surface area contributed by atoms with Gasteiger partial charge in [0.05, 0.1) is 10.6 Å². The van der Waals surface area contributed by atoms with Crippen molar-refractivity contribution in [1.29, 1.82) is 0 Å². The standard InChI is InChI=1S/C29H33ClFN3O4S/c1-4-18-32-29(36)27(5-2)33(19-22-8-12-24(31)13-9-22)28(35)20-34(25-14-10-23(30)11-15-25)39(37,38)26-16-6-21(3)7-17-26/h6-17,27H,4-5,18-20H2,1-3H3,(H,32,36)/t27-/m1/s1. The highest BCUT2D eigenvalue weighted by atomic mass is 35.5. The number of hydrogen-bond donors (Lipinski definition) is 1. The van der Waals surface area contributed by atoms with Crippen LogP contribution in [-0.4, -0.2) is 44.3 Å². The number of benzene rings is 3. The van der Waals surface area contributed by atoms with E-state index in [9.17, 15) is 22.4 Å². The van der Waals surface area contributed by atoms with Gasteiger partial charge in [-0.05, 0) is 73.9 Å². The van der Waals surface area contributed by atoms with Crippen molar-refractivity contribution in [3.8, 4) is 0 Å². The number of rotatable bonds is 12. The molecular weight excluding hydrogens is 541 g/mol. The predicted octanol–water partition coefficient (Wildman–Crippen LogP) is 5.32. The minimum atomic E-state index is -4.17. The molecule has 0 saturated carbocycles. The molecule has 0 spiro atoms. The van der Waals surface area contributed by atoms with Crippen LogP contribution in [0.25, 0.3) is 0 Å². The van der Waals surface area contributed by atoms with E-state index < -0.39 is 34.3 Å². The molecule has 0 saturated heterocycles. The quantitative estimate of drug-likeness (QED) is 0.318. The van der Waals surface area contributed by atoms with E-state index in [0.717, 1.165) is 9.87 Å². The molecule has 0 fully saturated rings. The Hall–Kier alpha value is -3.43. The normalized spacial score (nSPS) is 12.0. The summed E-state index contributed by atoms with van der Waals surface area (Å²) in [4.78, 5) is 28.3. The molecular formula is C29H33ClFN3O4S.